The van der Waals surface area contributed by atoms with Crippen molar-refractivity contribution in [2.24, 2.45) is 0 Å². The number of ether oxygens (including phenoxy) is 1. The predicted molar refractivity (Wildman–Crippen MR) is 83.9 cm³/mol. The average molecular weight is 286 g/mol. The van der Waals surface area contributed by atoms with Gasteiger partial charge in [0.1, 0.15) is 0 Å². The Kier molecular flexibility index (Phi) is 4.52. The number of imidazole rings is 1. The zero-order valence-corrected chi connectivity index (χ0v) is 12.4. The van der Waals surface area contributed by atoms with E-state index in [2.05, 4.69) is 26.7 Å². The first-order valence-corrected chi connectivity index (χ1v) is 7.48. The maximum atomic E-state index is 5.40. The Hall–Kier alpha value is -1.85. The third-order valence-corrected chi connectivity index (χ3v) is 3.80. The number of anilines is 2. The number of aromatic nitrogens is 2. The monoisotopic (exact) mass is 286 g/mol. The van der Waals surface area contributed by atoms with Crippen molar-refractivity contribution in [2.45, 2.75) is 13.0 Å². The van der Waals surface area contributed by atoms with E-state index in [9.17, 15) is 0 Å². The van der Waals surface area contributed by atoms with Gasteiger partial charge in [-0.15, -0.1) is 0 Å². The van der Waals surface area contributed by atoms with Crippen LogP contribution in [0.2, 0.25) is 0 Å². The summed E-state index contributed by atoms with van der Waals surface area (Å²) in [5, 5.41) is 3.38. The fourth-order valence-electron chi connectivity index (χ4n) is 2.66. The number of morpholine rings is 1. The molecule has 21 heavy (non-hydrogen) atoms. The first-order chi connectivity index (χ1) is 10.3. The van der Waals surface area contributed by atoms with Gasteiger partial charge in [-0.05, 0) is 19.1 Å². The normalized spacial score (nSPS) is 17.6. The van der Waals surface area contributed by atoms with E-state index in [4.69, 9.17) is 4.74 Å². The van der Waals surface area contributed by atoms with Crippen molar-refractivity contribution in [3.05, 3.63) is 42.7 Å². The third-order valence-electron chi connectivity index (χ3n) is 3.80. The molecular weight excluding hydrogens is 264 g/mol. The molecule has 0 bridgehead atoms. The molecule has 0 aliphatic carbocycles. The molecule has 0 amide bonds. The average Bonchev–Trinajstić information content (AvgIpc) is 2.97. The van der Waals surface area contributed by atoms with Crippen LogP contribution in [0.15, 0.2) is 42.7 Å². The molecule has 0 spiro atoms. The second kappa shape index (κ2) is 6.74. The molecule has 1 saturated heterocycles. The number of para-hydroxylation sites is 1. The number of hydrogen-bond acceptors (Lipinski definition) is 4. The Bertz CT molecular complexity index is 548. The van der Waals surface area contributed by atoms with Crippen LogP contribution in [0.3, 0.4) is 0 Å². The number of benzene rings is 1. The molecule has 1 fully saturated rings. The smallest absolute Gasteiger partial charge is 0.207 e. The minimum atomic E-state index is 0.372. The molecule has 1 aliphatic heterocycles. The van der Waals surface area contributed by atoms with E-state index in [-0.39, 0.29) is 0 Å². The molecule has 1 atom stereocenters. The summed E-state index contributed by atoms with van der Waals surface area (Å²) >= 11 is 0. The third kappa shape index (κ3) is 3.62. The Morgan fingerprint density at radius 2 is 2.00 bits per heavy atom. The minimum Gasteiger partial charge on any atom is -0.379 e. The van der Waals surface area contributed by atoms with Gasteiger partial charge in [0.15, 0.2) is 0 Å². The Morgan fingerprint density at radius 1 is 1.24 bits per heavy atom. The van der Waals surface area contributed by atoms with Crippen LogP contribution in [0.5, 0.6) is 0 Å². The van der Waals surface area contributed by atoms with Crippen molar-refractivity contribution in [3.8, 4) is 0 Å². The summed E-state index contributed by atoms with van der Waals surface area (Å²) in [7, 11) is 0. The zero-order valence-electron chi connectivity index (χ0n) is 12.4. The summed E-state index contributed by atoms with van der Waals surface area (Å²) in [6, 6.07) is 10.5. The van der Waals surface area contributed by atoms with E-state index in [1.807, 2.05) is 42.7 Å². The molecule has 2 aromatic rings. The largest absolute Gasteiger partial charge is 0.379 e. The maximum Gasteiger partial charge on any atom is 0.207 e. The highest BCUT2D eigenvalue weighted by Crippen LogP contribution is 2.19. The van der Waals surface area contributed by atoms with Gasteiger partial charge in [0, 0.05) is 43.8 Å². The van der Waals surface area contributed by atoms with E-state index >= 15 is 0 Å². The maximum absolute atomic E-state index is 5.40. The van der Waals surface area contributed by atoms with Crippen molar-refractivity contribution >= 4 is 11.6 Å². The second-order valence-electron chi connectivity index (χ2n) is 5.41. The first-order valence-electron chi connectivity index (χ1n) is 7.48. The van der Waals surface area contributed by atoms with Crippen molar-refractivity contribution in [1.29, 1.82) is 0 Å². The SMILES string of the molecule is CC(CN1CCOCC1)n1ccnc1Nc1ccccc1. The molecule has 5 heteroatoms. The molecule has 3 rings (SSSR count). The van der Waals surface area contributed by atoms with E-state index in [0.29, 0.717) is 6.04 Å². The zero-order chi connectivity index (χ0) is 14.5. The van der Waals surface area contributed by atoms with Crippen LogP contribution < -0.4 is 5.32 Å². The lowest BCUT2D eigenvalue weighted by molar-refractivity contribution is 0.0327. The summed E-state index contributed by atoms with van der Waals surface area (Å²) in [6.07, 6.45) is 3.89. The minimum absolute atomic E-state index is 0.372. The highest BCUT2D eigenvalue weighted by molar-refractivity contribution is 5.53. The van der Waals surface area contributed by atoms with Gasteiger partial charge >= 0.3 is 0 Å². The van der Waals surface area contributed by atoms with Gasteiger partial charge in [-0.25, -0.2) is 4.98 Å². The summed E-state index contributed by atoms with van der Waals surface area (Å²) in [5.74, 6) is 0.891. The van der Waals surface area contributed by atoms with E-state index < -0.39 is 0 Å². The Balaban J connectivity index is 1.66. The highest BCUT2D eigenvalue weighted by Gasteiger charge is 2.16. The molecule has 1 N–H and O–H groups in total. The van der Waals surface area contributed by atoms with Gasteiger partial charge in [0.25, 0.3) is 0 Å². The van der Waals surface area contributed by atoms with Crippen LogP contribution in [-0.4, -0.2) is 47.3 Å². The van der Waals surface area contributed by atoms with Crippen molar-refractivity contribution in [1.82, 2.24) is 14.5 Å². The van der Waals surface area contributed by atoms with Crippen LogP contribution in [0.25, 0.3) is 0 Å². The van der Waals surface area contributed by atoms with Gasteiger partial charge in [0.2, 0.25) is 5.95 Å². The molecule has 0 saturated carbocycles. The summed E-state index contributed by atoms with van der Waals surface area (Å²) in [4.78, 5) is 6.88. The second-order valence-corrected chi connectivity index (χ2v) is 5.41. The Morgan fingerprint density at radius 3 is 2.76 bits per heavy atom. The molecule has 2 heterocycles. The lowest BCUT2D eigenvalue weighted by atomic mass is 10.3. The van der Waals surface area contributed by atoms with Crippen LogP contribution in [0.1, 0.15) is 13.0 Å². The predicted octanol–water partition coefficient (Wildman–Crippen LogP) is 2.52. The number of nitrogens with zero attached hydrogens (tertiary/aromatic N) is 3. The van der Waals surface area contributed by atoms with Crippen LogP contribution >= 0.6 is 0 Å². The van der Waals surface area contributed by atoms with Gasteiger partial charge in [-0.1, -0.05) is 18.2 Å². The topological polar surface area (TPSA) is 42.3 Å². The summed E-state index contributed by atoms with van der Waals surface area (Å²) in [5.41, 5.74) is 1.06. The fraction of sp³-hybridized carbons (Fsp3) is 0.438. The first kappa shape index (κ1) is 14.1. The molecule has 112 valence electrons. The van der Waals surface area contributed by atoms with Gasteiger partial charge in [-0.3, -0.25) is 4.90 Å². The van der Waals surface area contributed by atoms with Crippen molar-refractivity contribution in [2.75, 3.05) is 38.2 Å². The lowest BCUT2D eigenvalue weighted by Crippen LogP contribution is -2.39. The summed E-state index contributed by atoms with van der Waals surface area (Å²) < 4.78 is 7.60. The molecule has 5 nitrogen and oxygen atoms in total. The van der Waals surface area contributed by atoms with Gasteiger partial charge in [-0.2, -0.15) is 0 Å². The van der Waals surface area contributed by atoms with E-state index in [0.717, 1.165) is 44.5 Å². The molecule has 0 radical (unpaired) electrons. The summed E-state index contributed by atoms with van der Waals surface area (Å²) in [6.45, 7) is 6.95. The molecule has 1 aliphatic rings. The van der Waals surface area contributed by atoms with Crippen LogP contribution in [0, 0.1) is 0 Å². The van der Waals surface area contributed by atoms with E-state index in [1.165, 1.54) is 0 Å². The van der Waals surface area contributed by atoms with Gasteiger partial charge in [0.05, 0.1) is 13.2 Å². The molecular formula is C16H22N4O. The van der Waals surface area contributed by atoms with Gasteiger partial charge < -0.3 is 14.6 Å². The van der Waals surface area contributed by atoms with Crippen LogP contribution in [0.4, 0.5) is 11.6 Å². The van der Waals surface area contributed by atoms with Crippen LogP contribution in [-0.2, 0) is 4.74 Å². The highest BCUT2D eigenvalue weighted by atomic mass is 16.5. The van der Waals surface area contributed by atoms with Crippen molar-refractivity contribution in [3.63, 3.8) is 0 Å². The quantitative estimate of drug-likeness (QED) is 0.917. The molecule has 1 aromatic carbocycles. The van der Waals surface area contributed by atoms with Crippen molar-refractivity contribution < 1.29 is 4.74 Å². The van der Waals surface area contributed by atoms with E-state index in [1.54, 1.807) is 0 Å². The molecule has 1 unspecified atom stereocenters. The molecule has 1 aromatic heterocycles. The standard InChI is InChI=1S/C16H22N4O/c1-14(13-19-9-11-21-12-10-19)20-8-7-17-16(20)18-15-5-3-2-4-6-15/h2-8,14H,9-13H2,1H3,(H,17,18). The number of nitrogens with one attached hydrogen (secondary N) is 1. The Labute approximate surface area is 125 Å². The fourth-order valence-corrected chi connectivity index (χ4v) is 2.66. The lowest BCUT2D eigenvalue weighted by Gasteiger charge is -2.30. The number of rotatable bonds is 5. The number of hydrogen-bond donors (Lipinski definition) is 1.